The van der Waals surface area contributed by atoms with Crippen molar-refractivity contribution in [2.45, 2.75) is 25.7 Å². The number of benzene rings is 2. The third-order valence-corrected chi connectivity index (χ3v) is 5.00. The maximum Gasteiger partial charge on any atom is 0.262 e. The first-order valence-electron chi connectivity index (χ1n) is 6.37. The minimum atomic E-state index is -3.78. The second-order valence-corrected chi connectivity index (χ2v) is 6.61. The summed E-state index contributed by atoms with van der Waals surface area (Å²) in [5, 5.41) is 0. The van der Waals surface area contributed by atoms with Crippen molar-refractivity contribution in [2.75, 3.05) is 10.5 Å². The number of rotatable bonds is 3. The molecule has 0 aliphatic heterocycles. The van der Waals surface area contributed by atoms with Crippen LogP contribution in [0, 0.1) is 26.6 Å². The summed E-state index contributed by atoms with van der Waals surface area (Å²) in [6, 6.07) is 7.22. The third-order valence-electron chi connectivity index (χ3n) is 3.35. The molecule has 0 amide bonds. The van der Waals surface area contributed by atoms with Crippen LogP contribution in [0.2, 0.25) is 0 Å². The zero-order valence-electron chi connectivity index (χ0n) is 12.1. The highest BCUT2D eigenvalue weighted by Gasteiger charge is 2.21. The molecule has 0 bridgehead atoms. The Morgan fingerprint density at radius 3 is 2.33 bits per heavy atom. The van der Waals surface area contributed by atoms with Crippen LogP contribution >= 0.6 is 0 Å². The van der Waals surface area contributed by atoms with Crippen LogP contribution in [0.5, 0.6) is 0 Å². The van der Waals surface area contributed by atoms with E-state index >= 15 is 0 Å². The zero-order valence-corrected chi connectivity index (χ0v) is 12.9. The lowest BCUT2D eigenvalue weighted by atomic mass is 10.1. The molecule has 2 aromatic rings. The molecule has 0 radical (unpaired) electrons. The minimum absolute atomic E-state index is 0.159. The summed E-state index contributed by atoms with van der Waals surface area (Å²) in [6.07, 6.45) is 0. The Labute approximate surface area is 123 Å². The zero-order chi connectivity index (χ0) is 15.8. The quantitative estimate of drug-likeness (QED) is 0.856. The highest BCUT2D eigenvalue weighted by molar-refractivity contribution is 7.92. The van der Waals surface area contributed by atoms with E-state index in [9.17, 15) is 12.8 Å². The number of nitrogen functional groups attached to an aromatic ring is 1. The van der Waals surface area contributed by atoms with E-state index in [2.05, 4.69) is 4.72 Å². The number of nitrogens with two attached hydrogens (primary N) is 1. The molecule has 0 atom stereocenters. The van der Waals surface area contributed by atoms with Crippen LogP contribution in [0.4, 0.5) is 15.8 Å². The second kappa shape index (κ2) is 5.37. The van der Waals surface area contributed by atoms with Gasteiger partial charge in [-0.2, -0.15) is 0 Å². The van der Waals surface area contributed by atoms with Gasteiger partial charge in [-0.1, -0.05) is 6.07 Å². The summed E-state index contributed by atoms with van der Waals surface area (Å²) in [5.41, 5.74) is 8.17. The van der Waals surface area contributed by atoms with Gasteiger partial charge in [0.15, 0.2) is 0 Å². The number of hydrogen-bond acceptors (Lipinski definition) is 3. The van der Waals surface area contributed by atoms with Crippen molar-refractivity contribution in [1.29, 1.82) is 0 Å². The molecule has 112 valence electrons. The first-order valence-corrected chi connectivity index (χ1v) is 7.85. The van der Waals surface area contributed by atoms with Gasteiger partial charge in [-0.25, -0.2) is 12.8 Å². The van der Waals surface area contributed by atoms with Crippen LogP contribution in [0.15, 0.2) is 35.2 Å². The fourth-order valence-electron chi connectivity index (χ4n) is 2.19. The van der Waals surface area contributed by atoms with Crippen LogP contribution < -0.4 is 10.5 Å². The van der Waals surface area contributed by atoms with Gasteiger partial charge in [0.1, 0.15) is 5.82 Å². The van der Waals surface area contributed by atoms with Crippen molar-refractivity contribution in [1.82, 2.24) is 0 Å². The number of nitrogens with one attached hydrogen (secondary N) is 1. The average molecular weight is 308 g/mol. The van der Waals surface area contributed by atoms with Gasteiger partial charge in [0.05, 0.1) is 10.6 Å². The van der Waals surface area contributed by atoms with Crippen LogP contribution in [0.3, 0.4) is 0 Å². The van der Waals surface area contributed by atoms with Crippen molar-refractivity contribution in [3.8, 4) is 0 Å². The summed E-state index contributed by atoms with van der Waals surface area (Å²) in [5.74, 6) is -0.410. The van der Waals surface area contributed by atoms with E-state index in [1.165, 1.54) is 18.2 Å². The molecule has 3 N–H and O–H groups in total. The van der Waals surface area contributed by atoms with E-state index in [0.717, 1.165) is 0 Å². The molecular formula is C15H17FN2O2S. The van der Waals surface area contributed by atoms with E-state index in [4.69, 9.17) is 5.73 Å². The third kappa shape index (κ3) is 3.00. The van der Waals surface area contributed by atoms with E-state index in [1.54, 1.807) is 32.9 Å². The molecule has 6 heteroatoms. The molecule has 0 unspecified atom stereocenters. The Balaban J connectivity index is 2.51. The Bertz CT molecular complexity index is 802. The maximum absolute atomic E-state index is 13.1. The van der Waals surface area contributed by atoms with Gasteiger partial charge in [-0.3, -0.25) is 4.72 Å². The van der Waals surface area contributed by atoms with Gasteiger partial charge >= 0.3 is 0 Å². The Morgan fingerprint density at radius 2 is 1.71 bits per heavy atom. The highest BCUT2D eigenvalue weighted by atomic mass is 32.2. The van der Waals surface area contributed by atoms with Crippen molar-refractivity contribution < 1.29 is 12.8 Å². The fourth-order valence-corrected chi connectivity index (χ4v) is 3.83. The van der Waals surface area contributed by atoms with Crippen molar-refractivity contribution in [3.05, 3.63) is 52.8 Å². The molecule has 0 saturated carbocycles. The van der Waals surface area contributed by atoms with Crippen LogP contribution in [0.25, 0.3) is 0 Å². The summed E-state index contributed by atoms with van der Waals surface area (Å²) in [4.78, 5) is 0.159. The molecule has 0 aliphatic carbocycles. The van der Waals surface area contributed by atoms with Crippen LogP contribution in [0.1, 0.15) is 16.7 Å². The molecule has 0 spiro atoms. The fraction of sp³-hybridized carbons (Fsp3) is 0.200. The smallest absolute Gasteiger partial charge is 0.262 e. The Morgan fingerprint density at radius 1 is 1.05 bits per heavy atom. The summed E-state index contributed by atoms with van der Waals surface area (Å²) in [7, 11) is -3.78. The second-order valence-electron chi connectivity index (χ2n) is 4.99. The van der Waals surface area contributed by atoms with Gasteiger partial charge in [0.25, 0.3) is 10.0 Å². The summed E-state index contributed by atoms with van der Waals surface area (Å²) in [6.45, 7) is 5.01. The lowest BCUT2D eigenvalue weighted by Crippen LogP contribution is -2.17. The lowest BCUT2D eigenvalue weighted by Gasteiger charge is -2.15. The number of anilines is 2. The van der Waals surface area contributed by atoms with Crippen LogP contribution in [-0.4, -0.2) is 8.42 Å². The molecule has 0 saturated heterocycles. The summed E-state index contributed by atoms with van der Waals surface area (Å²) < 4.78 is 40.7. The maximum atomic E-state index is 13.1. The largest absolute Gasteiger partial charge is 0.398 e. The number of sulfonamides is 1. The van der Waals surface area contributed by atoms with Gasteiger partial charge in [0.2, 0.25) is 0 Å². The van der Waals surface area contributed by atoms with Gasteiger partial charge in [0, 0.05) is 5.69 Å². The standard InChI is InChI=1S/C15H17FN2O2S/c1-9-4-6-13(17)11(3)15(9)21(19,20)18-14-7-5-12(16)8-10(14)2/h4-8,18H,17H2,1-3H3. The minimum Gasteiger partial charge on any atom is -0.398 e. The molecule has 0 fully saturated rings. The van der Waals surface area contributed by atoms with Gasteiger partial charge < -0.3 is 5.73 Å². The predicted octanol–water partition coefficient (Wildman–Crippen LogP) is 3.13. The Kier molecular flexibility index (Phi) is 3.91. The molecule has 0 aliphatic rings. The number of halogens is 1. The van der Waals surface area contributed by atoms with E-state index in [-0.39, 0.29) is 4.90 Å². The molecule has 2 aromatic carbocycles. The van der Waals surface area contributed by atoms with Crippen molar-refractivity contribution >= 4 is 21.4 Å². The van der Waals surface area contributed by atoms with E-state index in [0.29, 0.717) is 28.1 Å². The predicted molar refractivity (Wildman–Crippen MR) is 82.3 cm³/mol. The first kappa shape index (κ1) is 15.3. The Hall–Kier alpha value is -2.08. The SMILES string of the molecule is Cc1cc(F)ccc1NS(=O)(=O)c1c(C)ccc(N)c1C. The number of hydrogen-bond donors (Lipinski definition) is 2. The van der Waals surface area contributed by atoms with E-state index < -0.39 is 15.8 Å². The van der Waals surface area contributed by atoms with Gasteiger partial charge in [-0.05, 0) is 61.7 Å². The average Bonchev–Trinajstić information content (AvgIpc) is 2.37. The molecule has 2 rings (SSSR count). The van der Waals surface area contributed by atoms with Crippen molar-refractivity contribution in [2.24, 2.45) is 0 Å². The van der Waals surface area contributed by atoms with Gasteiger partial charge in [-0.15, -0.1) is 0 Å². The molecule has 0 heterocycles. The lowest BCUT2D eigenvalue weighted by molar-refractivity contribution is 0.599. The first-order chi connectivity index (χ1) is 9.72. The normalized spacial score (nSPS) is 11.4. The van der Waals surface area contributed by atoms with Crippen LogP contribution in [-0.2, 0) is 10.0 Å². The molecule has 0 aromatic heterocycles. The number of aryl methyl sites for hydroxylation is 2. The highest BCUT2D eigenvalue weighted by Crippen LogP contribution is 2.27. The molecule has 21 heavy (non-hydrogen) atoms. The monoisotopic (exact) mass is 308 g/mol. The van der Waals surface area contributed by atoms with E-state index in [1.807, 2.05) is 0 Å². The topological polar surface area (TPSA) is 72.2 Å². The summed E-state index contributed by atoms with van der Waals surface area (Å²) >= 11 is 0. The molecular weight excluding hydrogens is 291 g/mol. The molecule has 4 nitrogen and oxygen atoms in total. The van der Waals surface area contributed by atoms with Crippen molar-refractivity contribution in [3.63, 3.8) is 0 Å².